The molecular weight excluding hydrogens is 515 g/mol. The first kappa shape index (κ1) is 27.1. The van der Waals surface area contributed by atoms with E-state index in [9.17, 15) is 0 Å². The van der Waals surface area contributed by atoms with Crippen molar-refractivity contribution in [3.05, 3.63) is 142 Å². The smallest absolute Gasteiger partial charge is 0.137 e. The fraction of sp³-hybridized carbons (Fsp3) is 0.143. The van der Waals surface area contributed by atoms with Gasteiger partial charge in [-0.05, 0) is 115 Å². The second-order valence-electron chi connectivity index (χ2n) is 12.4. The highest BCUT2D eigenvalue weighted by Crippen LogP contribution is 2.34. The Morgan fingerprint density at radius 3 is 1.16 bits per heavy atom. The van der Waals surface area contributed by atoms with Crippen LogP contribution in [0.2, 0.25) is 0 Å². The molecule has 1 heteroatoms. The molecule has 0 fully saturated rings. The van der Waals surface area contributed by atoms with Gasteiger partial charge in [0.2, 0.25) is 0 Å². The van der Waals surface area contributed by atoms with Crippen LogP contribution >= 0.6 is 0 Å². The summed E-state index contributed by atoms with van der Waals surface area (Å²) in [5.41, 5.74) is 11.6. The number of rotatable bonds is 2. The van der Waals surface area contributed by atoms with E-state index >= 15 is 0 Å². The minimum Gasteiger partial charge on any atom is -0.137 e. The number of hydrogen-bond acceptors (Lipinski definition) is 0. The zero-order chi connectivity index (χ0) is 29.8. The summed E-state index contributed by atoms with van der Waals surface area (Å²) in [7, 11) is 0. The van der Waals surface area contributed by atoms with E-state index in [0.717, 1.165) is 5.56 Å². The van der Waals surface area contributed by atoms with E-state index in [1.807, 2.05) is 0 Å². The first-order valence-corrected chi connectivity index (χ1v) is 15.2. The van der Waals surface area contributed by atoms with Crippen molar-refractivity contribution in [2.45, 2.75) is 41.5 Å². The normalized spacial score (nSPS) is 11.3. The average Bonchev–Trinajstić information content (AvgIpc) is 2.96. The standard InChI is InChI=1S/C42H35B/c1-26-17-28(3)41(29(4)18-26)43(42-30(5)19-27(2)20-31(42)6)16-15-38-39-24-34-13-9-7-11-32(34)21-36(39)23-37-22-33-12-8-10-14-35(33)25-40(37)38/h7-14,17-25H,1-6H3. The van der Waals surface area contributed by atoms with Crippen LogP contribution in [0.25, 0.3) is 43.1 Å². The Kier molecular flexibility index (Phi) is 6.60. The Labute approximate surface area is 255 Å². The van der Waals surface area contributed by atoms with E-state index in [1.54, 1.807) is 0 Å². The molecule has 7 aromatic rings. The van der Waals surface area contributed by atoms with Gasteiger partial charge in [0.25, 0.3) is 6.71 Å². The van der Waals surface area contributed by atoms with Crippen molar-refractivity contribution in [3.63, 3.8) is 0 Å². The van der Waals surface area contributed by atoms with Gasteiger partial charge in [0.1, 0.15) is 0 Å². The molecule has 0 radical (unpaired) electrons. The Balaban J connectivity index is 1.58. The summed E-state index contributed by atoms with van der Waals surface area (Å²) in [5, 5.41) is 9.87. The highest BCUT2D eigenvalue weighted by atomic mass is 14.1. The van der Waals surface area contributed by atoms with Crippen molar-refractivity contribution < 1.29 is 0 Å². The third-order valence-electron chi connectivity index (χ3n) is 9.08. The van der Waals surface area contributed by atoms with Crippen LogP contribution in [0.15, 0.2) is 103 Å². The van der Waals surface area contributed by atoms with Crippen molar-refractivity contribution in [1.29, 1.82) is 0 Å². The van der Waals surface area contributed by atoms with Crippen molar-refractivity contribution in [3.8, 4) is 11.7 Å². The Morgan fingerprint density at radius 1 is 0.419 bits per heavy atom. The number of hydrogen-bond donors (Lipinski definition) is 0. The summed E-state index contributed by atoms with van der Waals surface area (Å²) < 4.78 is 0. The molecule has 0 unspecified atom stereocenters. The topological polar surface area (TPSA) is 0 Å². The first-order chi connectivity index (χ1) is 20.8. The predicted octanol–water partition coefficient (Wildman–Crippen LogP) is 9.35. The fourth-order valence-electron chi connectivity index (χ4n) is 7.36. The van der Waals surface area contributed by atoms with Gasteiger partial charge in [-0.15, -0.1) is 5.82 Å². The van der Waals surface area contributed by atoms with Gasteiger partial charge in [-0.25, -0.2) is 0 Å². The molecule has 0 nitrogen and oxygen atoms in total. The molecule has 0 saturated heterocycles. The van der Waals surface area contributed by atoms with Crippen molar-refractivity contribution in [2.75, 3.05) is 0 Å². The average molecular weight is 551 g/mol. The van der Waals surface area contributed by atoms with Crippen LogP contribution in [0.4, 0.5) is 0 Å². The highest BCUT2D eigenvalue weighted by molar-refractivity contribution is 6.92. The summed E-state index contributed by atoms with van der Waals surface area (Å²) in [6.07, 6.45) is 0. The lowest BCUT2D eigenvalue weighted by Gasteiger charge is -2.20. The molecule has 206 valence electrons. The van der Waals surface area contributed by atoms with Gasteiger partial charge in [-0.3, -0.25) is 0 Å². The Hall–Kier alpha value is -4.80. The molecule has 0 aromatic heterocycles. The first-order valence-electron chi connectivity index (χ1n) is 15.2. The van der Waals surface area contributed by atoms with Crippen molar-refractivity contribution >= 4 is 60.7 Å². The largest absolute Gasteiger partial charge is 0.297 e. The van der Waals surface area contributed by atoms with Gasteiger partial charge in [0, 0.05) is 5.56 Å². The summed E-state index contributed by atoms with van der Waals surface area (Å²) in [5.74, 6) is 7.75. The molecule has 0 aliphatic carbocycles. The summed E-state index contributed by atoms with van der Waals surface area (Å²) in [6, 6.07) is 38.2. The maximum Gasteiger partial charge on any atom is 0.297 e. The molecular formula is C42H35B. The van der Waals surface area contributed by atoms with Crippen LogP contribution in [-0.4, -0.2) is 6.71 Å². The van der Waals surface area contributed by atoms with Crippen LogP contribution in [0, 0.1) is 53.3 Å². The van der Waals surface area contributed by atoms with Gasteiger partial charge in [-0.1, -0.05) is 123 Å². The summed E-state index contributed by atoms with van der Waals surface area (Å²) in [6.45, 7) is 13.3. The molecule has 7 aromatic carbocycles. The minimum atomic E-state index is -0.0348. The fourth-order valence-corrected chi connectivity index (χ4v) is 7.36. The van der Waals surface area contributed by atoms with Gasteiger partial charge in [0.15, 0.2) is 0 Å². The van der Waals surface area contributed by atoms with Gasteiger partial charge in [0.05, 0.1) is 0 Å². The summed E-state index contributed by atoms with van der Waals surface area (Å²) >= 11 is 0. The number of aryl methyl sites for hydroxylation is 6. The van der Waals surface area contributed by atoms with Crippen molar-refractivity contribution in [1.82, 2.24) is 0 Å². The Morgan fingerprint density at radius 2 is 0.767 bits per heavy atom. The maximum atomic E-state index is 3.90. The zero-order valence-corrected chi connectivity index (χ0v) is 25.9. The van der Waals surface area contributed by atoms with E-state index in [0.29, 0.717) is 0 Å². The highest BCUT2D eigenvalue weighted by Gasteiger charge is 2.25. The van der Waals surface area contributed by atoms with Crippen molar-refractivity contribution in [2.24, 2.45) is 0 Å². The molecule has 43 heavy (non-hydrogen) atoms. The molecule has 0 saturated carbocycles. The minimum absolute atomic E-state index is 0.0348. The molecule has 0 aliphatic rings. The van der Waals surface area contributed by atoms with E-state index in [-0.39, 0.29) is 6.71 Å². The van der Waals surface area contributed by atoms with Gasteiger partial charge in [-0.2, -0.15) is 0 Å². The molecule has 0 heterocycles. The third kappa shape index (κ3) is 4.78. The molecule has 0 atom stereocenters. The SMILES string of the molecule is Cc1cc(C)c(B(C#Cc2c3cc4ccccc4cc3cc3cc4ccccc4cc23)c2c(C)cc(C)cc2C)c(C)c1. The number of benzene rings is 7. The molecule has 7 rings (SSSR count). The van der Waals surface area contributed by atoms with E-state index in [2.05, 4.69) is 156 Å². The lowest BCUT2D eigenvalue weighted by molar-refractivity contribution is 1.34. The van der Waals surface area contributed by atoms with Gasteiger partial charge >= 0.3 is 0 Å². The van der Waals surface area contributed by atoms with Crippen LogP contribution < -0.4 is 10.9 Å². The number of fused-ring (bicyclic) bond motifs is 4. The zero-order valence-electron chi connectivity index (χ0n) is 25.9. The molecule has 0 aliphatic heterocycles. The van der Waals surface area contributed by atoms with Crippen LogP contribution in [0.3, 0.4) is 0 Å². The molecule has 0 spiro atoms. The quantitative estimate of drug-likeness (QED) is 0.114. The molecule has 0 N–H and O–H groups in total. The molecule has 0 bridgehead atoms. The lowest BCUT2D eigenvalue weighted by atomic mass is 9.38. The lowest BCUT2D eigenvalue weighted by Crippen LogP contribution is -2.46. The third-order valence-corrected chi connectivity index (χ3v) is 9.08. The van der Waals surface area contributed by atoms with Gasteiger partial charge < -0.3 is 0 Å². The second-order valence-corrected chi connectivity index (χ2v) is 12.4. The maximum absolute atomic E-state index is 3.90. The summed E-state index contributed by atoms with van der Waals surface area (Å²) in [4.78, 5) is 0. The van der Waals surface area contributed by atoms with E-state index in [4.69, 9.17) is 0 Å². The van der Waals surface area contributed by atoms with E-state index < -0.39 is 0 Å². The van der Waals surface area contributed by atoms with Crippen LogP contribution in [0.5, 0.6) is 0 Å². The van der Waals surface area contributed by atoms with E-state index in [1.165, 1.54) is 87.4 Å². The predicted molar refractivity (Wildman–Crippen MR) is 190 cm³/mol. The Bertz CT molecular complexity index is 2110. The second kappa shape index (κ2) is 10.5. The monoisotopic (exact) mass is 550 g/mol. The van der Waals surface area contributed by atoms with Crippen LogP contribution in [-0.2, 0) is 0 Å². The molecule has 0 amide bonds. The van der Waals surface area contributed by atoms with Crippen LogP contribution in [0.1, 0.15) is 38.9 Å².